The average molecular weight is 1280 g/mol. The molecule has 2 aliphatic rings. The van der Waals surface area contributed by atoms with Gasteiger partial charge in [0.2, 0.25) is 0 Å². The lowest BCUT2D eigenvalue weighted by Crippen LogP contribution is -2.26. The van der Waals surface area contributed by atoms with Gasteiger partial charge in [-0.05, 0) is 210 Å². The van der Waals surface area contributed by atoms with E-state index in [9.17, 15) is 0 Å². The minimum Gasteiger partial charge on any atom is -0.309 e. The maximum atomic E-state index is 2.55. The van der Waals surface area contributed by atoms with Gasteiger partial charge in [-0.3, -0.25) is 0 Å². The Bertz CT molecular complexity index is 5800. The molecule has 0 saturated carbocycles. The predicted molar refractivity (Wildman–Crippen MR) is 422 cm³/mol. The maximum Gasteiger partial charge on any atom is 0.0726 e. The Morgan fingerprint density at radius 2 is 0.307 bits per heavy atom. The van der Waals surface area contributed by atoms with Gasteiger partial charge >= 0.3 is 0 Å². The van der Waals surface area contributed by atoms with Crippen LogP contribution in [0.4, 0.5) is 0 Å². The molecule has 4 heteroatoms. The first-order valence-corrected chi connectivity index (χ1v) is 35.0. The summed E-state index contributed by atoms with van der Waals surface area (Å²) >= 11 is 0. The van der Waals surface area contributed by atoms with Gasteiger partial charge in [0, 0.05) is 65.8 Å². The summed E-state index contributed by atoms with van der Waals surface area (Å²) in [6, 6.07) is 137. The zero-order valence-corrected chi connectivity index (χ0v) is 54.9. The van der Waals surface area contributed by atoms with Gasteiger partial charge in [-0.2, -0.15) is 0 Å². The van der Waals surface area contributed by atoms with Gasteiger partial charge in [0.15, 0.2) is 0 Å². The maximum absolute atomic E-state index is 2.55. The molecule has 0 radical (unpaired) electrons. The van der Waals surface area contributed by atoms with Crippen LogP contribution in [0.3, 0.4) is 0 Å². The number of benzene rings is 16. The Hall–Kier alpha value is -13.3. The third-order valence-electron chi connectivity index (χ3n) is 22.4. The molecule has 0 aliphatic heterocycles. The highest BCUT2D eigenvalue weighted by Crippen LogP contribution is 2.65. The van der Waals surface area contributed by atoms with Crippen molar-refractivity contribution in [1.82, 2.24) is 18.3 Å². The quantitative estimate of drug-likeness (QED) is 0.144. The Morgan fingerprint density at radius 1 is 0.149 bits per heavy atom. The molecule has 22 rings (SSSR count). The lowest BCUT2D eigenvalue weighted by molar-refractivity contribution is 0.795. The Balaban J connectivity index is 0.745. The molecule has 4 nitrogen and oxygen atoms in total. The van der Waals surface area contributed by atoms with E-state index in [2.05, 4.69) is 382 Å². The second-order valence-corrected chi connectivity index (χ2v) is 27.5. The smallest absolute Gasteiger partial charge is 0.0726 e. The van der Waals surface area contributed by atoms with Crippen LogP contribution >= 0.6 is 0 Å². The summed E-state index contributed by atoms with van der Waals surface area (Å²) < 4.78 is 9.65. The van der Waals surface area contributed by atoms with E-state index in [0.717, 1.165) is 22.7 Å². The highest BCUT2D eigenvalue weighted by atomic mass is 15.0. The summed E-state index contributed by atoms with van der Waals surface area (Å²) in [5, 5.41) is 10.0. The fraction of sp³-hybridized carbons (Fsp3) is 0.0103. The summed E-state index contributed by atoms with van der Waals surface area (Å²) in [7, 11) is 0. The van der Waals surface area contributed by atoms with Crippen molar-refractivity contribution in [2.45, 2.75) is 5.41 Å². The zero-order chi connectivity index (χ0) is 66.0. The van der Waals surface area contributed by atoms with Crippen molar-refractivity contribution < 1.29 is 0 Å². The second-order valence-electron chi connectivity index (χ2n) is 27.5. The largest absolute Gasteiger partial charge is 0.309 e. The van der Waals surface area contributed by atoms with Crippen LogP contribution in [0.15, 0.2) is 364 Å². The molecule has 2 aliphatic carbocycles. The molecular formula is C97H60N4. The van der Waals surface area contributed by atoms with Crippen LogP contribution in [-0.4, -0.2) is 18.3 Å². The van der Waals surface area contributed by atoms with E-state index >= 15 is 0 Å². The Labute approximate surface area is 583 Å². The fourth-order valence-corrected chi connectivity index (χ4v) is 18.0. The zero-order valence-electron chi connectivity index (χ0n) is 54.9. The minimum atomic E-state index is -0.745. The summed E-state index contributed by atoms with van der Waals surface area (Å²) in [5.74, 6) is 0. The Morgan fingerprint density at radius 3 is 0.485 bits per heavy atom. The Kier molecular flexibility index (Phi) is 11.8. The molecule has 0 saturated heterocycles. The predicted octanol–water partition coefficient (Wildman–Crippen LogP) is 25.1. The number of para-hydroxylation sites is 8. The average Bonchev–Trinajstić information content (AvgIpc) is 1.51. The van der Waals surface area contributed by atoms with Crippen LogP contribution in [0.1, 0.15) is 22.3 Å². The van der Waals surface area contributed by atoms with Gasteiger partial charge in [0.1, 0.15) is 0 Å². The molecule has 0 atom stereocenters. The van der Waals surface area contributed by atoms with E-state index in [1.54, 1.807) is 0 Å². The molecule has 4 heterocycles. The first kappa shape index (κ1) is 55.8. The lowest BCUT2D eigenvalue weighted by atomic mass is 9.69. The standard InChI is InChI=1S/C97H60N4/c1-9-25-89-77(17-1)78-18-2-10-26-90(78)98(89)69-45-33-61(34-46-69)65-41-53-73-74-54-42-66(62-35-47-70(48-36-62)99-91-27-11-3-19-79(91)80-20-4-12-28-92(80)99)58-86(74)97(85(73)57-65)87-59-67(63-37-49-71(50-38-63)100-93-29-13-5-21-81(93)82-22-6-14-30-94(82)100)43-55-75(87)76-56-44-68(60-88(76)97)64-39-51-72(52-40-64)101-95-31-15-7-23-83(95)84-24-8-16-32-96(84)101/h1-60H. The minimum absolute atomic E-state index is 0.745. The van der Waals surface area contributed by atoms with Crippen molar-refractivity contribution in [2.24, 2.45) is 0 Å². The van der Waals surface area contributed by atoms with Gasteiger partial charge in [0.25, 0.3) is 0 Å². The lowest BCUT2D eigenvalue weighted by Gasteiger charge is -2.32. The summed E-state index contributed by atoms with van der Waals surface area (Å²) in [5.41, 5.74) is 32.9. The SMILES string of the molecule is c1ccc2c(c1)c1ccccc1n2-c1ccc(-c2ccc3c(c2)C2(c4cc(-c5ccc(-n6c7ccccc7c7ccccc76)cc5)ccc4-3)c3cc(-c4ccc(-n5c6ccccc6c6ccccc65)cc4)ccc3-c3ccc(-c4ccc(-n5c6ccccc6c6ccccc65)cc4)cc32)cc1. The van der Waals surface area contributed by atoms with Gasteiger partial charge in [0.05, 0.1) is 49.5 Å². The second kappa shape index (κ2) is 21.4. The molecule has 0 amide bonds. The van der Waals surface area contributed by atoms with Gasteiger partial charge < -0.3 is 18.3 Å². The molecule has 468 valence electrons. The van der Waals surface area contributed by atoms with Crippen LogP contribution < -0.4 is 0 Å². The van der Waals surface area contributed by atoms with Crippen molar-refractivity contribution >= 4 is 87.2 Å². The van der Waals surface area contributed by atoms with Crippen LogP contribution in [0.2, 0.25) is 0 Å². The summed E-state index contributed by atoms with van der Waals surface area (Å²) in [6.07, 6.45) is 0. The van der Waals surface area contributed by atoms with E-state index in [1.165, 1.54) is 176 Å². The molecule has 0 unspecified atom stereocenters. The topological polar surface area (TPSA) is 19.7 Å². The van der Waals surface area contributed by atoms with E-state index in [1.807, 2.05) is 0 Å². The number of nitrogens with zero attached hydrogens (tertiary/aromatic N) is 4. The molecular weight excluding hydrogens is 1220 g/mol. The van der Waals surface area contributed by atoms with Crippen molar-refractivity contribution in [3.05, 3.63) is 386 Å². The number of hydrogen-bond acceptors (Lipinski definition) is 0. The van der Waals surface area contributed by atoms with Crippen molar-refractivity contribution in [3.8, 4) is 89.5 Å². The van der Waals surface area contributed by atoms with Gasteiger partial charge in [-0.1, -0.05) is 243 Å². The first-order chi connectivity index (χ1) is 50.1. The molecule has 0 bridgehead atoms. The molecule has 0 N–H and O–H groups in total. The van der Waals surface area contributed by atoms with E-state index in [0.29, 0.717) is 0 Å². The van der Waals surface area contributed by atoms with Crippen molar-refractivity contribution in [3.63, 3.8) is 0 Å². The molecule has 1 spiro atoms. The first-order valence-electron chi connectivity index (χ1n) is 35.0. The van der Waals surface area contributed by atoms with E-state index in [-0.39, 0.29) is 0 Å². The molecule has 4 aromatic heterocycles. The van der Waals surface area contributed by atoms with Crippen molar-refractivity contribution in [1.29, 1.82) is 0 Å². The summed E-state index contributed by atoms with van der Waals surface area (Å²) in [6.45, 7) is 0. The number of rotatable bonds is 8. The van der Waals surface area contributed by atoms with Crippen molar-refractivity contribution in [2.75, 3.05) is 0 Å². The number of aromatic nitrogens is 4. The monoisotopic (exact) mass is 1280 g/mol. The van der Waals surface area contributed by atoms with E-state index < -0.39 is 5.41 Å². The summed E-state index contributed by atoms with van der Waals surface area (Å²) in [4.78, 5) is 0. The molecule has 20 aromatic rings. The van der Waals surface area contributed by atoms with Crippen LogP contribution in [0.25, 0.3) is 177 Å². The van der Waals surface area contributed by atoms with E-state index in [4.69, 9.17) is 0 Å². The highest BCUT2D eigenvalue weighted by Gasteiger charge is 2.52. The molecule has 101 heavy (non-hydrogen) atoms. The number of fused-ring (bicyclic) bond motifs is 22. The fourth-order valence-electron chi connectivity index (χ4n) is 18.0. The highest BCUT2D eigenvalue weighted by molar-refractivity contribution is 6.13. The van der Waals surface area contributed by atoms with Crippen LogP contribution in [0.5, 0.6) is 0 Å². The normalized spacial score (nSPS) is 12.8. The molecule has 0 fully saturated rings. The number of hydrogen-bond donors (Lipinski definition) is 0. The van der Waals surface area contributed by atoms with Crippen LogP contribution in [-0.2, 0) is 5.41 Å². The third-order valence-corrected chi connectivity index (χ3v) is 22.4. The van der Waals surface area contributed by atoms with Gasteiger partial charge in [-0.25, -0.2) is 0 Å². The molecule has 16 aromatic carbocycles. The van der Waals surface area contributed by atoms with Crippen LogP contribution in [0, 0.1) is 0 Å². The van der Waals surface area contributed by atoms with Gasteiger partial charge in [-0.15, -0.1) is 0 Å². The third kappa shape index (κ3) is 8.01.